The molecular weight excluding hydrogens is 277 g/mol. The molecule has 2 heterocycles. The lowest BCUT2D eigenvalue weighted by Gasteiger charge is -2.08. The van der Waals surface area contributed by atoms with E-state index in [2.05, 4.69) is 9.97 Å². The molecule has 2 aromatic rings. The Kier molecular flexibility index (Phi) is 3.71. The number of nitrogens with one attached hydrogen (secondary N) is 1. The number of methoxy groups -OCH3 is 1. The van der Waals surface area contributed by atoms with Crippen molar-refractivity contribution in [2.45, 2.75) is 19.1 Å². The third kappa shape index (κ3) is 2.62. The quantitative estimate of drug-likeness (QED) is 0.833. The highest BCUT2D eigenvalue weighted by atomic mass is 19.4. The molecule has 0 spiro atoms. The summed E-state index contributed by atoms with van der Waals surface area (Å²) in [7, 11) is 1.50. The van der Waals surface area contributed by atoms with Crippen LogP contribution < -0.4 is 11.4 Å². The molecule has 0 aliphatic rings. The fraction of sp³-hybridized carbons (Fsp3) is 0.455. The normalized spacial score (nSPS) is 12.2. The Morgan fingerprint density at radius 2 is 2.20 bits per heavy atom. The number of pyridine rings is 1. The van der Waals surface area contributed by atoms with Crippen LogP contribution in [0, 0.1) is 0 Å². The molecule has 0 saturated carbocycles. The maximum absolute atomic E-state index is 12.7. The van der Waals surface area contributed by atoms with Gasteiger partial charge in [-0.1, -0.05) is 0 Å². The van der Waals surface area contributed by atoms with Gasteiger partial charge in [0, 0.05) is 20.3 Å². The summed E-state index contributed by atoms with van der Waals surface area (Å²) in [5, 5.41) is 0. The number of alkyl halides is 3. The number of hydrogen-bond donors (Lipinski definition) is 2. The maximum Gasteiger partial charge on any atom is 0.433 e. The molecule has 110 valence electrons. The first-order valence-corrected chi connectivity index (χ1v) is 5.79. The van der Waals surface area contributed by atoms with Crippen LogP contribution in [0.15, 0.2) is 10.9 Å². The van der Waals surface area contributed by atoms with Crippen LogP contribution in [0.2, 0.25) is 0 Å². The molecule has 0 aromatic carbocycles. The van der Waals surface area contributed by atoms with Crippen LogP contribution in [0.5, 0.6) is 0 Å². The summed E-state index contributed by atoms with van der Waals surface area (Å²) in [5.74, 6) is -0.350. The molecule has 20 heavy (non-hydrogen) atoms. The molecule has 9 heteroatoms. The molecule has 0 unspecified atom stereocenters. The van der Waals surface area contributed by atoms with E-state index in [-0.39, 0.29) is 23.4 Å². The second kappa shape index (κ2) is 5.16. The highest BCUT2D eigenvalue weighted by molar-refractivity contribution is 5.85. The van der Waals surface area contributed by atoms with Gasteiger partial charge in [0.25, 0.3) is 0 Å². The predicted octanol–water partition coefficient (Wildman–Crippen LogP) is 1.36. The summed E-state index contributed by atoms with van der Waals surface area (Å²) in [4.78, 5) is 17.4. The highest BCUT2D eigenvalue weighted by Gasteiger charge is 2.34. The molecule has 0 aliphatic heterocycles. The molecule has 0 saturated heterocycles. The molecule has 0 aliphatic carbocycles. The number of H-pyrrole nitrogens is 1. The van der Waals surface area contributed by atoms with Crippen molar-refractivity contribution in [3.05, 3.63) is 22.2 Å². The van der Waals surface area contributed by atoms with Gasteiger partial charge in [0.2, 0.25) is 0 Å². The van der Waals surface area contributed by atoms with Crippen LogP contribution in [-0.4, -0.2) is 28.3 Å². The van der Waals surface area contributed by atoms with E-state index >= 15 is 0 Å². The van der Waals surface area contributed by atoms with Crippen molar-refractivity contribution in [3.8, 4) is 0 Å². The maximum atomic E-state index is 12.7. The molecular formula is C11H13F3N4O2. The van der Waals surface area contributed by atoms with Crippen molar-refractivity contribution < 1.29 is 17.9 Å². The summed E-state index contributed by atoms with van der Waals surface area (Å²) < 4.78 is 44.2. The third-order valence-corrected chi connectivity index (χ3v) is 2.82. The minimum absolute atomic E-state index is 0.0888. The van der Waals surface area contributed by atoms with Crippen LogP contribution in [-0.2, 0) is 17.5 Å². The Morgan fingerprint density at radius 1 is 1.50 bits per heavy atom. The molecule has 0 radical (unpaired) electrons. The number of nitrogens with two attached hydrogens (primary N) is 1. The Hall–Kier alpha value is -2.03. The van der Waals surface area contributed by atoms with E-state index in [1.54, 1.807) is 0 Å². The molecule has 3 N–H and O–H groups in total. The first kappa shape index (κ1) is 14.4. The van der Waals surface area contributed by atoms with Crippen LogP contribution in [0.1, 0.15) is 12.1 Å². The number of ether oxygens (including phenoxy) is 1. The third-order valence-electron chi connectivity index (χ3n) is 2.82. The van der Waals surface area contributed by atoms with E-state index in [9.17, 15) is 18.0 Å². The zero-order valence-corrected chi connectivity index (χ0v) is 10.6. The van der Waals surface area contributed by atoms with Crippen molar-refractivity contribution in [1.29, 1.82) is 0 Å². The van der Waals surface area contributed by atoms with Crippen molar-refractivity contribution in [2.24, 2.45) is 0 Å². The number of rotatable bonds is 4. The number of aryl methyl sites for hydroxylation is 1. The monoisotopic (exact) mass is 290 g/mol. The summed E-state index contributed by atoms with van der Waals surface area (Å²) in [5.41, 5.74) is 4.02. The lowest BCUT2D eigenvalue weighted by molar-refractivity contribution is -0.141. The van der Waals surface area contributed by atoms with Gasteiger partial charge in [0.1, 0.15) is 17.0 Å². The number of nitrogen functional groups attached to an aromatic ring is 1. The van der Waals surface area contributed by atoms with E-state index < -0.39 is 17.6 Å². The number of fused-ring (bicyclic) bond motifs is 1. The standard InChI is InChI=1S/C11H13F3N4O2/c1-20-4-2-3-18-6-5-7(11(12,13)14)16-9(15)8(6)17-10(18)19/h5H,2-4H2,1H3,(H2,15,16)(H,17,19). The van der Waals surface area contributed by atoms with Crippen molar-refractivity contribution >= 4 is 16.9 Å². The van der Waals surface area contributed by atoms with E-state index in [0.717, 1.165) is 6.07 Å². The van der Waals surface area contributed by atoms with Gasteiger partial charge in [-0.05, 0) is 12.5 Å². The topological polar surface area (TPSA) is 85.9 Å². The van der Waals surface area contributed by atoms with Gasteiger partial charge in [0.05, 0.1) is 5.52 Å². The Labute approximate surface area is 111 Å². The summed E-state index contributed by atoms with van der Waals surface area (Å²) in [6.45, 7) is 0.624. The first-order chi connectivity index (χ1) is 9.34. The minimum atomic E-state index is -4.62. The van der Waals surface area contributed by atoms with Gasteiger partial charge >= 0.3 is 11.9 Å². The van der Waals surface area contributed by atoms with Crippen LogP contribution in [0.25, 0.3) is 11.0 Å². The fourth-order valence-corrected chi connectivity index (χ4v) is 1.91. The van der Waals surface area contributed by atoms with E-state index in [1.807, 2.05) is 0 Å². The average Bonchev–Trinajstić information content (AvgIpc) is 2.66. The SMILES string of the molecule is COCCCn1c(=O)[nH]c2c(N)nc(C(F)(F)F)cc21. The van der Waals surface area contributed by atoms with Crippen molar-refractivity contribution in [1.82, 2.24) is 14.5 Å². The van der Waals surface area contributed by atoms with E-state index in [1.165, 1.54) is 11.7 Å². The van der Waals surface area contributed by atoms with Crippen LogP contribution in [0.4, 0.5) is 19.0 Å². The second-order valence-corrected chi connectivity index (χ2v) is 4.21. The number of nitrogens with zero attached hydrogens (tertiary/aromatic N) is 2. The lowest BCUT2D eigenvalue weighted by atomic mass is 10.3. The summed E-state index contributed by atoms with van der Waals surface area (Å²) >= 11 is 0. The highest BCUT2D eigenvalue weighted by Crippen LogP contribution is 2.30. The van der Waals surface area contributed by atoms with Gasteiger partial charge < -0.3 is 15.5 Å². The molecule has 0 fully saturated rings. The first-order valence-electron chi connectivity index (χ1n) is 5.79. The summed E-state index contributed by atoms with van der Waals surface area (Å²) in [6, 6.07) is 0.816. The summed E-state index contributed by atoms with van der Waals surface area (Å²) in [6.07, 6.45) is -4.13. The van der Waals surface area contributed by atoms with Crippen LogP contribution in [0.3, 0.4) is 0 Å². The fourth-order valence-electron chi connectivity index (χ4n) is 1.91. The number of anilines is 1. The number of imidazole rings is 1. The molecule has 2 rings (SSSR count). The van der Waals surface area contributed by atoms with E-state index in [0.29, 0.717) is 13.0 Å². The molecule has 0 bridgehead atoms. The zero-order chi connectivity index (χ0) is 14.9. The predicted molar refractivity (Wildman–Crippen MR) is 66.3 cm³/mol. The lowest BCUT2D eigenvalue weighted by Crippen LogP contribution is -2.17. The Balaban J connectivity index is 2.55. The number of aromatic amines is 1. The van der Waals surface area contributed by atoms with Gasteiger partial charge in [-0.25, -0.2) is 9.78 Å². The molecule has 0 amide bonds. The van der Waals surface area contributed by atoms with Gasteiger partial charge in [0.15, 0.2) is 0 Å². The number of halogens is 3. The Bertz CT molecular complexity index is 675. The van der Waals surface area contributed by atoms with Crippen LogP contribution >= 0.6 is 0 Å². The van der Waals surface area contributed by atoms with Crippen molar-refractivity contribution in [2.75, 3.05) is 19.5 Å². The molecule has 0 atom stereocenters. The van der Waals surface area contributed by atoms with Gasteiger partial charge in [-0.3, -0.25) is 4.57 Å². The molecule has 6 nitrogen and oxygen atoms in total. The Morgan fingerprint density at radius 3 is 2.80 bits per heavy atom. The van der Waals surface area contributed by atoms with E-state index in [4.69, 9.17) is 10.5 Å². The minimum Gasteiger partial charge on any atom is -0.385 e. The second-order valence-electron chi connectivity index (χ2n) is 4.21. The zero-order valence-electron chi connectivity index (χ0n) is 10.6. The average molecular weight is 290 g/mol. The smallest absolute Gasteiger partial charge is 0.385 e. The van der Waals surface area contributed by atoms with Gasteiger partial charge in [-0.2, -0.15) is 13.2 Å². The largest absolute Gasteiger partial charge is 0.433 e. The van der Waals surface area contributed by atoms with Gasteiger partial charge in [-0.15, -0.1) is 0 Å². The number of aromatic nitrogens is 3. The van der Waals surface area contributed by atoms with Crippen molar-refractivity contribution in [3.63, 3.8) is 0 Å². The molecule has 2 aromatic heterocycles. The number of hydrogen-bond acceptors (Lipinski definition) is 4.